The summed E-state index contributed by atoms with van der Waals surface area (Å²) >= 11 is 3.54. The van der Waals surface area contributed by atoms with Crippen molar-refractivity contribution >= 4 is 15.9 Å². The summed E-state index contributed by atoms with van der Waals surface area (Å²) in [5, 5.41) is 3.54. The Labute approximate surface area is 126 Å². The minimum Gasteiger partial charge on any atom is -0.382 e. The van der Waals surface area contributed by atoms with E-state index >= 15 is 0 Å². The van der Waals surface area contributed by atoms with Gasteiger partial charge in [0.1, 0.15) is 0 Å². The van der Waals surface area contributed by atoms with E-state index in [1.54, 1.807) is 0 Å². The van der Waals surface area contributed by atoms with Crippen LogP contribution in [0.2, 0.25) is 0 Å². The van der Waals surface area contributed by atoms with Crippen molar-refractivity contribution in [1.29, 1.82) is 0 Å². The van der Waals surface area contributed by atoms with Gasteiger partial charge >= 0.3 is 0 Å². The molecule has 0 fully saturated rings. The molecule has 0 amide bonds. The fourth-order valence-corrected chi connectivity index (χ4v) is 2.52. The monoisotopic (exact) mass is 327 g/mol. The third-order valence-electron chi connectivity index (χ3n) is 3.10. The minimum atomic E-state index is 0.539. The lowest BCUT2D eigenvalue weighted by Gasteiger charge is -2.19. The molecular weight excluding hydrogens is 302 g/mol. The molecule has 1 unspecified atom stereocenters. The molecule has 0 saturated heterocycles. The van der Waals surface area contributed by atoms with E-state index < -0.39 is 0 Å². The lowest BCUT2D eigenvalue weighted by Crippen LogP contribution is -2.30. The third kappa shape index (κ3) is 7.71. The number of hydrogen-bond donors (Lipinski definition) is 1. The maximum atomic E-state index is 5.50. The molecule has 0 aliphatic heterocycles. The van der Waals surface area contributed by atoms with Crippen molar-refractivity contribution in [2.75, 3.05) is 19.8 Å². The van der Waals surface area contributed by atoms with Gasteiger partial charge in [0.05, 0.1) is 0 Å². The van der Waals surface area contributed by atoms with E-state index in [0.29, 0.717) is 12.0 Å². The van der Waals surface area contributed by atoms with Gasteiger partial charge in [-0.3, -0.25) is 0 Å². The van der Waals surface area contributed by atoms with E-state index in [2.05, 4.69) is 66.3 Å². The number of benzene rings is 1. The summed E-state index contributed by atoms with van der Waals surface area (Å²) < 4.78 is 6.65. The van der Waals surface area contributed by atoms with Crippen molar-refractivity contribution in [3.05, 3.63) is 34.3 Å². The van der Waals surface area contributed by atoms with Gasteiger partial charge in [0.15, 0.2) is 0 Å². The van der Waals surface area contributed by atoms with Crippen LogP contribution in [0.3, 0.4) is 0 Å². The molecule has 0 heterocycles. The molecule has 0 radical (unpaired) electrons. The first-order chi connectivity index (χ1) is 9.11. The van der Waals surface area contributed by atoms with E-state index in [1.165, 1.54) is 5.56 Å². The van der Waals surface area contributed by atoms with E-state index in [9.17, 15) is 0 Å². The first-order valence-corrected chi connectivity index (χ1v) is 7.96. The lowest BCUT2D eigenvalue weighted by molar-refractivity contribution is 0.131. The maximum Gasteiger partial charge on any atom is 0.0469 e. The molecule has 0 bridgehead atoms. The van der Waals surface area contributed by atoms with Crippen LogP contribution in [0.4, 0.5) is 0 Å². The topological polar surface area (TPSA) is 21.3 Å². The fourth-order valence-electron chi connectivity index (χ4n) is 2.07. The van der Waals surface area contributed by atoms with Gasteiger partial charge in [0, 0.05) is 23.7 Å². The highest BCUT2D eigenvalue weighted by molar-refractivity contribution is 9.10. The van der Waals surface area contributed by atoms with Crippen LogP contribution in [0.25, 0.3) is 0 Å². The Bertz CT molecular complexity index is 354. The smallest absolute Gasteiger partial charge is 0.0469 e. The lowest BCUT2D eigenvalue weighted by atomic mass is 9.96. The zero-order chi connectivity index (χ0) is 14.1. The van der Waals surface area contributed by atoms with Gasteiger partial charge in [-0.25, -0.2) is 0 Å². The summed E-state index contributed by atoms with van der Waals surface area (Å²) in [6.45, 7) is 9.15. The molecule has 1 aromatic carbocycles. The summed E-state index contributed by atoms with van der Waals surface area (Å²) in [4.78, 5) is 0. The molecule has 0 spiro atoms. The van der Waals surface area contributed by atoms with Crippen LogP contribution >= 0.6 is 15.9 Å². The Morgan fingerprint density at radius 3 is 2.74 bits per heavy atom. The normalized spacial score (nSPS) is 12.9. The van der Waals surface area contributed by atoms with Crippen LogP contribution in [0.15, 0.2) is 28.7 Å². The molecule has 108 valence electrons. The Morgan fingerprint density at radius 1 is 1.32 bits per heavy atom. The molecule has 0 aromatic heterocycles. The van der Waals surface area contributed by atoms with Crippen molar-refractivity contribution in [1.82, 2.24) is 5.32 Å². The van der Waals surface area contributed by atoms with Gasteiger partial charge < -0.3 is 10.1 Å². The number of nitrogens with one attached hydrogen (secondary N) is 1. The Balaban J connectivity index is 2.51. The summed E-state index contributed by atoms with van der Waals surface area (Å²) in [7, 11) is 0. The number of halogens is 1. The van der Waals surface area contributed by atoms with Gasteiger partial charge in [-0.15, -0.1) is 0 Å². The predicted octanol–water partition coefficient (Wildman–Crippen LogP) is 4.03. The zero-order valence-corrected chi connectivity index (χ0v) is 13.9. The first kappa shape index (κ1) is 16.7. The molecule has 19 heavy (non-hydrogen) atoms. The number of hydrogen-bond acceptors (Lipinski definition) is 2. The predicted molar refractivity (Wildman–Crippen MR) is 85.6 cm³/mol. The largest absolute Gasteiger partial charge is 0.382 e. The summed E-state index contributed by atoms with van der Waals surface area (Å²) in [6, 6.07) is 9.13. The average molecular weight is 328 g/mol. The average Bonchev–Trinajstić information content (AvgIpc) is 2.36. The van der Waals surface area contributed by atoms with Crippen molar-refractivity contribution in [3.63, 3.8) is 0 Å². The molecule has 1 aromatic rings. The number of ether oxygens (including phenoxy) is 1. The van der Waals surface area contributed by atoms with Crippen molar-refractivity contribution < 1.29 is 4.74 Å². The molecule has 1 rings (SSSR count). The molecule has 0 aliphatic rings. The van der Waals surface area contributed by atoms with Crippen molar-refractivity contribution in [2.24, 2.45) is 5.92 Å². The van der Waals surface area contributed by atoms with Gasteiger partial charge in [-0.1, -0.05) is 41.9 Å². The SMILES string of the molecule is CCOCCC(CNC(C)C)Cc1cccc(Br)c1. The fraction of sp³-hybridized carbons (Fsp3) is 0.625. The van der Waals surface area contributed by atoms with Gasteiger partial charge in [-0.2, -0.15) is 0 Å². The van der Waals surface area contributed by atoms with E-state index in [1.807, 2.05) is 0 Å². The summed E-state index contributed by atoms with van der Waals surface area (Å²) in [5.41, 5.74) is 1.39. The van der Waals surface area contributed by atoms with E-state index in [0.717, 1.165) is 37.1 Å². The highest BCUT2D eigenvalue weighted by atomic mass is 79.9. The zero-order valence-electron chi connectivity index (χ0n) is 12.3. The molecule has 2 nitrogen and oxygen atoms in total. The quantitative estimate of drug-likeness (QED) is 0.691. The maximum absolute atomic E-state index is 5.50. The van der Waals surface area contributed by atoms with Gasteiger partial charge in [-0.05, 0) is 49.9 Å². The first-order valence-electron chi connectivity index (χ1n) is 7.17. The van der Waals surface area contributed by atoms with Gasteiger partial charge in [0.25, 0.3) is 0 Å². The summed E-state index contributed by atoms with van der Waals surface area (Å²) in [5.74, 6) is 0.628. The molecule has 1 N–H and O–H groups in total. The second kappa shape index (κ2) is 9.51. The molecule has 0 saturated carbocycles. The van der Waals surface area contributed by atoms with Gasteiger partial charge in [0.2, 0.25) is 0 Å². The minimum absolute atomic E-state index is 0.539. The van der Waals surface area contributed by atoms with Crippen molar-refractivity contribution in [2.45, 2.75) is 39.7 Å². The van der Waals surface area contributed by atoms with E-state index in [-0.39, 0.29) is 0 Å². The standard InChI is InChI=1S/C16H26BrNO/c1-4-19-9-8-15(12-18-13(2)3)10-14-6-5-7-16(17)11-14/h5-7,11,13,15,18H,4,8-10,12H2,1-3H3. The highest BCUT2D eigenvalue weighted by Gasteiger charge is 2.10. The van der Waals surface area contributed by atoms with Crippen LogP contribution < -0.4 is 5.32 Å². The van der Waals surface area contributed by atoms with Crippen LogP contribution in [-0.2, 0) is 11.2 Å². The Morgan fingerprint density at radius 2 is 2.11 bits per heavy atom. The second-order valence-electron chi connectivity index (χ2n) is 5.25. The Hall–Kier alpha value is -0.380. The molecule has 1 atom stereocenters. The highest BCUT2D eigenvalue weighted by Crippen LogP contribution is 2.17. The van der Waals surface area contributed by atoms with Crippen LogP contribution in [0.5, 0.6) is 0 Å². The third-order valence-corrected chi connectivity index (χ3v) is 3.60. The van der Waals surface area contributed by atoms with Crippen LogP contribution in [0, 0.1) is 5.92 Å². The van der Waals surface area contributed by atoms with E-state index in [4.69, 9.17) is 4.74 Å². The molecule has 3 heteroatoms. The van der Waals surface area contributed by atoms with Crippen LogP contribution in [0.1, 0.15) is 32.8 Å². The number of rotatable bonds is 9. The Kier molecular flexibility index (Phi) is 8.35. The summed E-state index contributed by atoms with van der Waals surface area (Å²) in [6.07, 6.45) is 2.21. The van der Waals surface area contributed by atoms with Crippen molar-refractivity contribution in [3.8, 4) is 0 Å². The second-order valence-corrected chi connectivity index (χ2v) is 6.16. The molecule has 0 aliphatic carbocycles. The van der Waals surface area contributed by atoms with Crippen LogP contribution in [-0.4, -0.2) is 25.8 Å². The molecular formula is C16H26BrNO.